The summed E-state index contributed by atoms with van der Waals surface area (Å²) < 4.78 is 0. The zero-order valence-electron chi connectivity index (χ0n) is 11.8. The predicted octanol–water partition coefficient (Wildman–Crippen LogP) is 2.59. The lowest BCUT2D eigenvalue weighted by atomic mass is 10.0. The van der Waals surface area contributed by atoms with Crippen LogP contribution in [0.2, 0.25) is 0 Å². The molecule has 1 saturated heterocycles. The monoisotopic (exact) mass is 234 g/mol. The first kappa shape index (κ1) is 11.7. The second-order valence-corrected chi connectivity index (χ2v) is 7.62. The van der Waals surface area contributed by atoms with E-state index in [0.717, 1.165) is 36.3 Å². The summed E-state index contributed by atoms with van der Waals surface area (Å²) in [6.07, 6.45) is 2.13. The van der Waals surface area contributed by atoms with E-state index in [1.54, 1.807) is 0 Å². The highest BCUT2D eigenvalue weighted by molar-refractivity contribution is 5.70. The minimum atomic E-state index is 0.613. The van der Waals surface area contributed by atoms with Crippen LogP contribution < -0.4 is 5.32 Å². The van der Waals surface area contributed by atoms with Crippen molar-refractivity contribution in [2.75, 3.05) is 13.1 Å². The minimum Gasteiger partial charge on any atom is -0.314 e. The molecule has 0 spiro atoms. The number of rotatable bonds is 0. The minimum absolute atomic E-state index is 0.613. The van der Waals surface area contributed by atoms with E-state index in [4.69, 9.17) is 0 Å². The van der Waals surface area contributed by atoms with Crippen LogP contribution in [0, 0.1) is 34.5 Å². The van der Waals surface area contributed by atoms with E-state index >= 15 is 0 Å². The quantitative estimate of drug-likeness (QED) is 0.684. The van der Waals surface area contributed by atoms with E-state index in [-0.39, 0.29) is 0 Å². The molecule has 2 heteroatoms. The molecule has 4 rings (SSSR count). The molecule has 5 atom stereocenters. The van der Waals surface area contributed by atoms with Gasteiger partial charge in [-0.15, -0.1) is 0 Å². The van der Waals surface area contributed by atoms with Gasteiger partial charge in [-0.2, -0.15) is 0 Å². The van der Waals surface area contributed by atoms with Crippen molar-refractivity contribution >= 4 is 6.21 Å². The molecule has 0 amide bonds. The van der Waals surface area contributed by atoms with Crippen LogP contribution in [0.3, 0.4) is 0 Å². The van der Waals surface area contributed by atoms with Crippen LogP contribution in [0.15, 0.2) is 4.99 Å². The van der Waals surface area contributed by atoms with Gasteiger partial charge >= 0.3 is 0 Å². The summed E-state index contributed by atoms with van der Waals surface area (Å²) in [5.41, 5.74) is 1.28. The first-order chi connectivity index (χ1) is 7.87. The van der Waals surface area contributed by atoms with Gasteiger partial charge in [0.2, 0.25) is 0 Å². The fourth-order valence-electron chi connectivity index (χ4n) is 4.33. The SMILES string of the molecule is CC1(C)[C@@H]2C=NC[C@@H]21.C[C@H]1NC[C@H]2[C@@H]1C2(C)C. The molecule has 0 aromatic rings. The summed E-state index contributed by atoms with van der Waals surface area (Å²) in [5, 5.41) is 3.47. The van der Waals surface area contributed by atoms with E-state index in [1.807, 2.05) is 0 Å². The molecule has 2 saturated carbocycles. The molecule has 2 heterocycles. The number of hydrogen-bond donors (Lipinski definition) is 1. The molecule has 2 aliphatic heterocycles. The van der Waals surface area contributed by atoms with Crippen molar-refractivity contribution in [3.05, 3.63) is 0 Å². The molecular formula is C15H26N2. The molecule has 0 unspecified atom stereocenters. The topological polar surface area (TPSA) is 24.4 Å². The molecule has 3 fully saturated rings. The van der Waals surface area contributed by atoms with Crippen LogP contribution in [0.4, 0.5) is 0 Å². The lowest BCUT2D eigenvalue weighted by molar-refractivity contribution is 0.418. The number of nitrogens with one attached hydrogen (secondary N) is 1. The van der Waals surface area contributed by atoms with Crippen LogP contribution in [-0.2, 0) is 0 Å². The summed E-state index contributed by atoms with van der Waals surface area (Å²) in [6.45, 7) is 14.1. The molecule has 0 bridgehead atoms. The van der Waals surface area contributed by atoms with Crippen molar-refractivity contribution in [1.82, 2.24) is 5.32 Å². The number of piperidine rings is 1. The van der Waals surface area contributed by atoms with Gasteiger partial charge in [-0.25, -0.2) is 0 Å². The molecule has 0 aromatic carbocycles. The Morgan fingerprint density at radius 3 is 2.06 bits per heavy atom. The van der Waals surface area contributed by atoms with Crippen LogP contribution in [0.25, 0.3) is 0 Å². The van der Waals surface area contributed by atoms with Gasteiger partial charge < -0.3 is 5.32 Å². The molecule has 96 valence electrons. The van der Waals surface area contributed by atoms with Gasteiger partial charge in [0.05, 0.1) is 0 Å². The van der Waals surface area contributed by atoms with Crippen molar-refractivity contribution in [2.24, 2.45) is 39.5 Å². The third kappa shape index (κ3) is 1.60. The first-order valence-corrected chi connectivity index (χ1v) is 7.10. The standard InChI is InChI=1S/C8H15N.C7H11N/c1-5-7-6(4-9-5)8(7,2)3;1-7(2)5-3-8-4-6(5)7/h5-7,9H,4H2,1-3H3;3,5-6H,4H2,1-2H3/t5-,6+,7-;5-,6+/m11/s1. The predicted molar refractivity (Wildman–Crippen MR) is 72.3 cm³/mol. The van der Waals surface area contributed by atoms with Gasteiger partial charge in [-0.3, -0.25) is 4.99 Å². The number of hydrogen-bond acceptors (Lipinski definition) is 2. The number of nitrogens with zero attached hydrogens (tertiary/aromatic N) is 1. The zero-order valence-corrected chi connectivity index (χ0v) is 11.8. The van der Waals surface area contributed by atoms with E-state index in [2.05, 4.69) is 51.1 Å². The van der Waals surface area contributed by atoms with Gasteiger partial charge in [-0.05, 0) is 42.1 Å². The smallest absolute Gasteiger partial charge is 0.0425 e. The Morgan fingerprint density at radius 2 is 1.82 bits per heavy atom. The summed E-state index contributed by atoms with van der Waals surface area (Å²) in [7, 11) is 0. The Morgan fingerprint density at radius 1 is 1.12 bits per heavy atom. The Kier molecular flexibility index (Phi) is 2.30. The Bertz CT molecular complexity index is 356. The van der Waals surface area contributed by atoms with E-state index in [0.29, 0.717) is 10.8 Å². The average molecular weight is 234 g/mol. The number of aliphatic imine (C=N–C) groups is 1. The summed E-state index contributed by atoms with van der Waals surface area (Å²) in [6, 6.07) is 0.782. The summed E-state index contributed by atoms with van der Waals surface area (Å²) in [5.74, 6) is 3.72. The molecule has 2 aliphatic carbocycles. The molecule has 17 heavy (non-hydrogen) atoms. The van der Waals surface area contributed by atoms with E-state index in [9.17, 15) is 0 Å². The summed E-state index contributed by atoms with van der Waals surface area (Å²) in [4.78, 5) is 4.18. The lowest BCUT2D eigenvalue weighted by Gasteiger charge is -2.13. The maximum Gasteiger partial charge on any atom is 0.0425 e. The highest BCUT2D eigenvalue weighted by Gasteiger charge is 2.62. The van der Waals surface area contributed by atoms with Gasteiger partial charge in [0.1, 0.15) is 0 Å². The van der Waals surface area contributed by atoms with Gasteiger partial charge in [0, 0.05) is 24.7 Å². The Hall–Kier alpha value is -0.370. The summed E-state index contributed by atoms with van der Waals surface area (Å²) >= 11 is 0. The third-order valence-electron chi connectivity index (χ3n) is 6.04. The highest BCUT2D eigenvalue weighted by Crippen LogP contribution is 2.62. The second-order valence-electron chi connectivity index (χ2n) is 7.62. The maximum absolute atomic E-state index is 4.18. The molecule has 0 aromatic heterocycles. The molecule has 2 nitrogen and oxygen atoms in total. The fraction of sp³-hybridized carbons (Fsp3) is 0.933. The largest absolute Gasteiger partial charge is 0.314 e. The Balaban J connectivity index is 0.000000107. The molecule has 4 aliphatic rings. The third-order valence-corrected chi connectivity index (χ3v) is 6.04. The van der Waals surface area contributed by atoms with E-state index in [1.165, 1.54) is 6.54 Å². The van der Waals surface area contributed by atoms with Crippen molar-refractivity contribution in [3.63, 3.8) is 0 Å². The molecule has 0 radical (unpaired) electrons. The van der Waals surface area contributed by atoms with Gasteiger partial charge in [0.25, 0.3) is 0 Å². The van der Waals surface area contributed by atoms with Crippen LogP contribution in [0.5, 0.6) is 0 Å². The van der Waals surface area contributed by atoms with Crippen molar-refractivity contribution in [2.45, 2.75) is 40.7 Å². The first-order valence-electron chi connectivity index (χ1n) is 7.10. The second kappa shape index (κ2) is 3.34. The average Bonchev–Trinajstić information content (AvgIpc) is 2.82. The van der Waals surface area contributed by atoms with Crippen molar-refractivity contribution < 1.29 is 0 Å². The maximum atomic E-state index is 4.18. The van der Waals surface area contributed by atoms with Gasteiger partial charge in [0.15, 0.2) is 0 Å². The number of fused-ring (bicyclic) bond motifs is 2. The fourth-order valence-corrected chi connectivity index (χ4v) is 4.33. The zero-order chi connectivity index (χ0) is 12.4. The highest BCUT2D eigenvalue weighted by atomic mass is 15.0. The van der Waals surface area contributed by atoms with Gasteiger partial charge in [-0.1, -0.05) is 27.7 Å². The molecular weight excluding hydrogens is 208 g/mol. The van der Waals surface area contributed by atoms with E-state index < -0.39 is 0 Å². The van der Waals surface area contributed by atoms with Crippen LogP contribution in [0.1, 0.15) is 34.6 Å². The van der Waals surface area contributed by atoms with Crippen molar-refractivity contribution in [3.8, 4) is 0 Å². The van der Waals surface area contributed by atoms with Crippen LogP contribution >= 0.6 is 0 Å². The normalized spacial score (nSPS) is 50.1. The Labute approximate surface area is 105 Å². The molecule has 1 N–H and O–H groups in total. The lowest BCUT2D eigenvalue weighted by Crippen LogP contribution is -2.27. The van der Waals surface area contributed by atoms with Crippen LogP contribution in [-0.4, -0.2) is 25.3 Å². The van der Waals surface area contributed by atoms with Crippen molar-refractivity contribution in [1.29, 1.82) is 0 Å².